The van der Waals surface area contributed by atoms with E-state index in [9.17, 15) is 27.2 Å². The van der Waals surface area contributed by atoms with Crippen LogP contribution in [0.25, 0.3) is 0 Å². The number of carbonyl (C=O) groups is 2. The van der Waals surface area contributed by atoms with Gasteiger partial charge in [0.2, 0.25) is 5.91 Å². The molecule has 10 heteroatoms. The standard InChI is InChI=1S/C24H14Cl3F4NO2/c25-16-8-12(3-6-17(16)29)20-21(24(20,26)27)23(34)32-14-9-15(22(31)18(30)10-14)19(33)7-11-1-4-13(28)5-2-11/h1-6,8-10,20-21H,7H2,(H,32,34). The third-order valence-electron chi connectivity index (χ3n) is 5.51. The molecule has 1 fully saturated rings. The monoisotopic (exact) mass is 529 g/mol. The number of anilines is 1. The minimum Gasteiger partial charge on any atom is -0.326 e. The van der Waals surface area contributed by atoms with E-state index < -0.39 is 56.7 Å². The summed E-state index contributed by atoms with van der Waals surface area (Å²) in [6, 6.07) is 10.5. The lowest BCUT2D eigenvalue weighted by molar-refractivity contribution is -0.117. The van der Waals surface area contributed by atoms with Gasteiger partial charge >= 0.3 is 0 Å². The number of carbonyl (C=O) groups excluding carboxylic acids is 2. The first kappa shape index (κ1) is 24.5. The molecule has 0 aromatic heterocycles. The van der Waals surface area contributed by atoms with Gasteiger partial charge in [-0.05, 0) is 41.5 Å². The number of alkyl halides is 2. The van der Waals surface area contributed by atoms with Crippen molar-refractivity contribution in [3.05, 3.63) is 99.6 Å². The van der Waals surface area contributed by atoms with E-state index >= 15 is 0 Å². The first-order chi connectivity index (χ1) is 16.0. The molecule has 4 rings (SSSR count). The quantitative estimate of drug-likeness (QED) is 0.215. The predicted molar refractivity (Wildman–Crippen MR) is 122 cm³/mol. The molecule has 3 aromatic rings. The molecule has 3 nitrogen and oxygen atoms in total. The van der Waals surface area contributed by atoms with Crippen molar-refractivity contribution >= 4 is 52.2 Å². The molecule has 34 heavy (non-hydrogen) atoms. The number of Topliss-reactive ketones (excluding diaryl/α,β-unsaturated/α-hetero) is 1. The highest BCUT2D eigenvalue weighted by Gasteiger charge is 2.67. The SMILES string of the molecule is O=C(Cc1ccc(F)cc1)c1cc(NC(=O)C2C(c3ccc(F)c(Cl)c3)C2(Cl)Cl)cc(F)c1F. The van der Waals surface area contributed by atoms with Gasteiger partial charge in [-0.1, -0.05) is 29.8 Å². The van der Waals surface area contributed by atoms with Crippen molar-refractivity contribution < 1.29 is 27.2 Å². The Morgan fingerprint density at radius 1 is 0.912 bits per heavy atom. The largest absolute Gasteiger partial charge is 0.326 e. The molecular weight excluding hydrogens is 517 g/mol. The minimum absolute atomic E-state index is 0.169. The van der Waals surface area contributed by atoms with Crippen molar-refractivity contribution in [1.29, 1.82) is 0 Å². The van der Waals surface area contributed by atoms with Crippen LogP contribution in [0.4, 0.5) is 23.2 Å². The Hall–Kier alpha value is -2.61. The fraction of sp³-hybridized carbons (Fsp3) is 0.167. The number of hydrogen-bond donors (Lipinski definition) is 1. The van der Waals surface area contributed by atoms with Gasteiger partial charge in [0.05, 0.1) is 16.5 Å². The molecule has 0 spiro atoms. The lowest BCUT2D eigenvalue weighted by Gasteiger charge is -2.10. The molecule has 1 aliphatic carbocycles. The Balaban J connectivity index is 1.54. The number of rotatable bonds is 6. The third kappa shape index (κ3) is 4.78. The highest BCUT2D eigenvalue weighted by atomic mass is 35.5. The average Bonchev–Trinajstić information content (AvgIpc) is 3.36. The number of benzene rings is 3. The summed E-state index contributed by atoms with van der Waals surface area (Å²) in [6.45, 7) is 0. The van der Waals surface area contributed by atoms with Crippen molar-refractivity contribution in [3.63, 3.8) is 0 Å². The van der Waals surface area contributed by atoms with Crippen LogP contribution in [-0.2, 0) is 11.2 Å². The Morgan fingerprint density at radius 2 is 1.59 bits per heavy atom. The van der Waals surface area contributed by atoms with Crippen LogP contribution in [0.2, 0.25) is 5.02 Å². The molecule has 2 atom stereocenters. The molecule has 1 N–H and O–H groups in total. The summed E-state index contributed by atoms with van der Waals surface area (Å²) in [4.78, 5) is 25.4. The Labute approximate surface area is 206 Å². The molecule has 176 valence electrons. The first-order valence-corrected chi connectivity index (χ1v) is 11.0. The maximum absolute atomic E-state index is 14.3. The van der Waals surface area contributed by atoms with E-state index in [0.717, 1.165) is 30.3 Å². The van der Waals surface area contributed by atoms with Gasteiger partial charge in [0, 0.05) is 24.1 Å². The minimum atomic E-state index is -1.54. The number of halogens is 7. The van der Waals surface area contributed by atoms with E-state index in [0.29, 0.717) is 11.1 Å². The van der Waals surface area contributed by atoms with Gasteiger partial charge in [0.15, 0.2) is 17.4 Å². The summed E-state index contributed by atoms with van der Waals surface area (Å²) in [5.41, 5.74) is 0.0593. The second-order valence-corrected chi connectivity index (χ2v) is 9.69. The van der Waals surface area contributed by atoms with Crippen LogP contribution < -0.4 is 5.32 Å². The molecule has 0 bridgehead atoms. The van der Waals surface area contributed by atoms with Gasteiger partial charge in [-0.3, -0.25) is 9.59 Å². The van der Waals surface area contributed by atoms with Crippen LogP contribution >= 0.6 is 34.8 Å². The van der Waals surface area contributed by atoms with Crippen LogP contribution in [0.15, 0.2) is 54.6 Å². The smallest absolute Gasteiger partial charge is 0.231 e. The van der Waals surface area contributed by atoms with Crippen LogP contribution in [0.1, 0.15) is 27.4 Å². The Morgan fingerprint density at radius 3 is 2.24 bits per heavy atom. The molecule has 1 saturated carbocycles. The first-order valence-electron chi connectivity index (χ1n) is 9.89. The molecule has 3 aromatic carbocycles. The maximum atomic E-state index is 14.3. The zero-order chi connectivity index (χ0) is 24.8. The van der Waals surface area contributed by atoms with Gasteiger partial charge in [-0.2, -0.15) is 0 Å². The summed E-state index contributed by atoms with van der Waals surface area (Å²) in [7, 11) is 0. The number of amides is 1. The van der Waals surface area contributed by atoms with Crippen LogP contribution in [0.5, 0.6) is 0 Å². The fourth-order valence-electron chi connectivity index (χ4n) is 3.74. The summed E-state index contributed by atoms with van der Waals surface area (Å²) < 4.78 is 53.5. The third-order valence-corrected chi connectivity index (χ3v) is 6.74. The zero-order valence-corrected chi connectivity index (χ0v) is 19.3. The fourth-order valence-corrected chi connectivity index (χ4v) is 4.76. The summed E-state index contributed by atoms with van der Waals surface area (Å²) in [5, 5.41) is 2.23. The number of ketones is 1. The summed E-state index contributed by atoms with van der Waals surface area (Å²) in [6.07, 6.45) is -0.309. The predicted octanol–water partition coefficient (Wildman–Crippen LogP) is 6.85. The topological polar surface area (TPSA) is 46.2 Å². The normalized spacial score (nSPS) is 18.4. The van der Waals surface area contributed by atoms with Crippen molar-refractivity contribution in [2.75, 3.05) is 5.32 Å². The molecule has 2 unspecified atom stereocenters. The molecular formula is C24H14Cl3F4NO2. The lowest BCUT2D eigenvalue weighted by Crippen LogP contribution is -2.18. The number of nitrogens with one attached hydrogen (secondary N) is 1. The van der Waals surface area contributed by atoms with Crippen molar-refractivity contribution in [2.24, 2.45) is 5.92 Å². The van der Waals surface area contributed by atoms with E-state index in [2.05, 4.69) is 5.32 Å². The van der Waals surface area contributed by atoms with Crippen LogP contribution in [0, 0.1) is 29.2 Å². The molecule has 0 saturated heterocycles. The second-order valence-electron chi connectivity index (χ2n) is 7.84. The van der Waals surface area contributed by atoms with E-state index in [1.165, 1.54) is 24.3 Å². The lowest BCUT2D eigenvalue weighted by atomic mass is 10.0. The van der Waals surface area contributed by atoms with Gasteiger partial charge in [-0.25, -0.2) is 17.6 Å². The zero-order valence-electron chi connectivity index (χ0n) is 17.0. The Bertz CT molecular complexity index is 1300. The van der Waals surface area contributed by atoms with Gasteiger partial charge in [0.1, 0.15) is 16.0 Å². The van der Waals surface area contributed by atoms with E-state index in [1.54, 1.807) is 0 Å². The van der Waals surface area contributed by atoms with Gasteiger partial charge in [0.25, 0.3) is 0 Å². The maximum Gasteiger partial charge on any atom is 0.231 e. The van der Waals surface area contributed by atoms with Gasteiger partial charge < -0.3 is 5.32 Å². The average molecular weight is 531 g/mol. The summed E-state index contributed by atoms with van der Waals surface area (Å²) >= 11 is 18.3. The van der Waals surface area contributed by atoms with E-state index in [1.807, 2.05) is 0 Å². The van der Waals surface area contributed by atoms with Gasteiger partial charge in [-0.15, -0.1) is 23.2 Å². The van der Waals surface area contributed by atoms with Crippen molar-refractivity contribution in [3.8, 4) is 0 Å². The molecule has 1 aliphatic rings. The second kappa shape index (κ2) is 9.21. The Kier molecular flexibility index (Phi) is 6.64. The highest BCUT2D eigenvalue weighted by molar-refractivity contribution is 6.53. The van der Waals surface area contributed by atoms with E-state index in [-0.39, 0.29) is 17.1 Å². The molecule has 0 heterocycles. The van der Waals surface area contributed by atoms with E-state index in [4.69, 9.17) is 34.8 Å². The molecule has 1 amide bonds. The van der Waals surface area contributed by atoms with Crippen molar-refractivity contribution in [1.82, 2.24) is 0 Å². The summed E-state index contributed by atoms with van der Waals surface area (Å²) in [5.74, 6) is -7.08. The van der Waals surface area contributed by atoms with Crippen LogP contribution in [-0.4, -0.2) is 16.0 Å². The number of hydrogen-bond acceptors (Lipinski definition) is 2. The molecule has 0 radical (unpaired) electrons. The highest BCUT2D eigenvalue weighted by Crippen LogP contribution is 2.65. The van der Waals surface area contributed by atoms with Crippen LogP contribution in [0.3, 0.4) is 0 Å². The van der Waals surface area contributed by atoms with Crippen molar-refractivity contribution in [2.45, 2.75) is 16.7 Å². The molecule has 0 aliphatic heterocycles.